The lowest BCUT2D eigenvalue weighted by atomic mass is 9.83. The van der Waals surface area contributed by atoms with Crippen LogP contribution in [0.3, 0.4) is 0 Å². The van der Waals surface area contributed by atoms with Crippen molar-refractivity contribution in [1.82, 2.24) is 9.80 Å². The highest BCUT2D eigenvalue weighted by Crippen LogP contribution is 2.43. The van der Waals surface area contributed by atoms with Crippen molar-refractivity contribution in [3.63, 3.8) is 0 Å². The molecule has 0 unspecified atom stereocenters. The smallest absolute Gasteiger partial charge is 0.254 e. The molecule has 2 aliphatic heterocycles. The van der Waals surface area contributed by atoms with E-state index in [9.17, 15) is 19.8 Å². The number of halogens is 2. The second-order valence-corrected chi connectivity index (χ2v) is 7.46. The van der Waals surface area contributed by atoms with Crippen molar-refractivity contribution < 1.29 is 24.9 Å². The summed E-state index contributed by atoms with van der Waals surface area (Å²) in [4.78, 5) is 27.5. The Morgan fingerprint density at radius 1 is 1.35 bits per heavy atom. The van der Waals surface area contributed by atoms with E-state index in [0.29, 0.717) is 35.0 Å². The first-order valence-electron chi connectivity index (χ1n) is 8.37. The minimum atomic E-state index is -1.53. The van der Waals surface area contributed by atoms with Crippen molar-refractivity contribution >= 4 is 35.0 Å². The third kappa shape index (κ3) is 3.49. The molecule has 26 heavy (non-hydrogen) atoms. The quantitative estimate of drug-likeness (QED) is 0.698. The van der Waals surface area contributed by atoms with Crippen LogP contribution >= 0.6 is 23.2 Å². The van der Waals surface area contributed by atoms with Gasteiger partial charge in [-0.15, -0.1) is 0 Å². The second kappa shape index (κ2) is 7.60. The maximum atomic E-state index is 12.4. The summed E-state index contributed by atoms with van der Waals surface area (Å²) in [6.45, 7) is -0.0507. The van der Waals surface area contributed by atoms with Crippen LogP contribution in [0, 0.1) is 0 Å². The minimum absolute atomic E-state index is 0.0589. The summed E-state index contributed by atoms with van der Waals surface area (Å²) >= 11 is 12.3. The molecule has 3 atom stereocenters. The molecule has 2 amide bonds. The van der Waals surface area contributed by atoms with Gasteiger partial charge in [0.2, 0.25) is 5.91 Å². The van der Waals surface area contributed by atoms with Gasteiger partial charge in [-0.2, -0.15) is 0 Å². The topological polar surface area (TPSA) is 101 Å². The summed E-state index contributed by atoms with van der Waals surface area (Å²) < 4.78 is 0. The van der Waals surface area contributed by atoms with Gasteiger partial charge in [-0.3, -0.25) is 9.59 Å². The molecule has 0 aliphatic carbocycles. The monoisotopic (exact) mass is 402 g/mol. The normalized spacial score (nSPS) is 24.4. The molecule has 0 bridgehead atoms. The number of piperazine rings is 1. The molecule has 0 aromatic heterocycles. The molecular formula is C17H20Cl2N2O5. The Bertz CT molecular complexity index is 729. The van der Waals surface area contributed by atoms with Crippen molar-refractivity contribution in [1.29, 1.82) is 0 Å². The molecule has 3 rings (SSSR count). The zero-order chi connectivity index (χ0) is 19.0. The van der Waals surface area contributed by atoms with Gasteiger partial charge < -0.3 is 25.1 Å². The predicted molar refractivity (Wildman–Crippen MR) is 95.3 cm³/mol. The largest absolute Gasteiger partial charge is 0.508 e. The molecule has 9 heteroatoms. The van der Waals surface area contributed by atoms with Crippen molar-refractivity contribution in [3.05, 3.63) is 27.7 Å². The van der Waals surface area contributed by atoms with E-state index in [0.717, 1.165) is 0 Å². The second-order valence-electron chi connectivity index (χ2n) is 6.67. The molecule has 1 aromatic carbocycles. The molecule has 142 valence electrons. The van der Waals surface area contributed by atoms with E-state index in [1.54, 1.807) is 4.90 Å². The van der Waals surface area contributed by atoms with Crippen molar-refractivity contribution in [2.24, 2.45) is 0 Å². The summed E-state index contributed by atoms with van der Waals surface area (Å²) in [6.07, 6.45) is -0.387. The molecule has 2 fully saturated rings. The van der Waals surface area contributed by atoms with Crippen molar-refractivity contribution in [2.45, 2.75) is 30.9 Å². The van der Waals surface area contributed by atoms with E-state index in [1.807, 2.05) is 0 Å². The summed E-state index contributed by atoms with van der Waals surface area (Å²) in [7, 11) is 0. The Morgan fingerprint density at radius 2 is 2.08 bits per heavy atom. The molecule has 2 heterocycles. The zero-order valence-electron chi connectivity index (χ0n) is 13.9. The van der Waals surface area contributed by atoms with E-state index in [1.165, 1.54) is 17.0 Å². The molecule has 2 saturated heterocycles. The van der Waals surface area contributed by atoms with E-state index in [-0.39, 0.29) is 36.7 Å². The number of rotatable bonds is 3. The van der Waals surface area contributed by atoms with Gasteiger partial charge in [-0.1, -0.05) is 23.2 Å². The summed E-state index contributed by atoms with van der Waals surface area (Å²) in [6, 6.07) is 2.77. The number of phenols is 1. The van der Waals surface area contributed by atoms with Crippen LogP contribution in [0.1, 0.15) is 24.3 Å². The highest BCUT2D eigenvalue weighted by atomic mass is 35.5. The maximum Gasteiger partial charge on any atom is 0.254 e. The maximum absolute atomic E-state index is 12.4. The van der Waals surface area contributed by atoms with Gasteiger partial charge in [-0.25, -0.2) is 0 Å². The number of carbonyl (C=O) groups is 2. The van der Waals surface area contributed by atoms with Crippen LogP contribution in [-0.2, 0) is 9.59 Å². The highest BCUT2D eigenvalue weighted by Gasteiger charge is 2.41. The molecule has 3 N–H and O–H groups in total. The Morgan fingerprint density at radius 3 is 2.77 bits per heavy atom. The minimum Gasteiger partial charge on any atom is -0.508 e. The van der Waals surface area contributed by atoms with Crippen LogP contribution in [0.2, 0.25) is 10.0 Å². The number of hydrogen-bond donors (Lipinski definition) is 3. The van der Waals surface area contributed by atoms with Gasteiger partial charge in [-0.05, 0) is 30.9 Å². The molecule has 0 saturated carbocycles. The van der Waals surface area contributed by atoms with E-state index < -0.39 is 18.6 Å². The average Bonchev–Trinajstić information content (AvgIpc) is 2.63. The molecule has 1 aromatic rings. The fraction of sp³-hybridized carbons (Fsp3) is 0.529. The highest BCUT2D eigenvalue weighted by molar-refractivity contribution is 6.42. The number of aliphatic hydroxyl groups is 2. The average molecular weight is 403 g/mol. The van der Waals surface area contributed by atoms with Crippen LogP contribution < -0.4 is 0 Å². The number of amides is 2. The van der Waals surface area contributed by atoms with Crippen LogP contribution in [0.5, 0.6) is 5.75 Å². The lowest BCUT2D eigenvalue weighted by Crippen LogP contribution is -2.61. The predicted octanol–water partition coefficient (Wildman–Crippen LogP) is 0.969. The lowest BCUT2D eigenvalue weighted by molar-refractivity contribution is -0.155. The third-order valence-electron chi connectivity index (χ3n) is 5.08. The fourth-order valence-electron chi connectivity index (χ4n) is 3.79. The Labute approximate surface area is 160 Å². The number of benzene rings is 1. The fourth-order valence-corrected chi connectivity index (χ4v) is 4.27. The number of carbonyl (C=O) groups excluding carboxylic acids is 2. The Balaban J connectivity index is 1.81. The molecule has 0 spiro atoms. The summed E-state index contributed by atoms with van der Waals surface area (Å²) in [5.74, 6) is -0.900. The molecular weight excluding hydrogens is 383 g/mol. The van der Waals surface area contributed by atoms with Gasteiger partial charge in [0.05, 0.1) is 23.2 Å². The van der Waals surface area contributed by atoms with E-state index in [2.05, 4.69) is 0 Å². The lowest BCUT2D eigenvalue weighted by Gasteiger charge is -2.46. The first kappa shape index (κ1) is 19.2. The SMILES string of the molecule is O=C([C@H](O)CO)N1CC(=O)N2CC[C@H](c3c(O)ccc(Cl)c3Cl)C[C@@H]2C1. The van der Waals surface area contributed by atoms with Gasteiger partial charge >= 0.3 is 0 Å². The van der Waals surface area contributed by atoms with Gasteiger partial charge in [0.15, 0.2) is 6.10 Å². The Hall–Kier alpha value is -1.54. The van der Waals surface area contributed by atoms with Crippen LogP contribution in [0.25, 0.3) is 0 Å². The number of aromatic hydroxyl groups is 1. The van der Waals surface area contributed by atoms with E-state index in [4.69, 9.17) is 28.3 Å². The number of hydrogen-bond acceptors (Lipinski definition) is 5. The number of aliphatic hydroxyl groups excluding tert-OH is 2. The van der Waals surface area contributed by atoms with Gasteiger partial charge in [0.1, 0.15) is 5.75 Å². The zero-order valence-corrected chi connectivity index (χ0v) is 15.4. The third-order valence-corrected chi connectivity index (χ3v) is 5.90. The molecule has 0 radical (unpaired) electrons. The van der Waals surface area contributed by atoms with Crippen LogP contribution in [0.15, 0.2) is 12.1 Å². The summed E-state index contributed by atoms with van der Waals surface area (Å²) in [5, 5.41) is 29.4. The van der Waals surface area contributed by atoms with E-state index >= 15 is 0 Å². The summed E-state index contributed by atoms with van der Waals surface area (Å²) in [5.41, 5.74) is 0.560. The molecule has 7 nitrogen and oxygen atoms in total. The van der Waals surface area contributed by atoms with Crippen LogP contribution in [-0.4, -0.2) is 75.3 Å². The first-order chi connectivity index (χ1) is 12.3. The van der Waals surface area contributed by atoms with Crippen molar-refractivity contribution in [2.75, 3.05) is 26.2 Å². The standard InChI is InChI=1S/C17H20Cl2N2O5/c18-11-1-2-12(23)15(16(11)19)9-3-4-21-10(5-9)6-20(7-14(21)25)17(26)13(24)8-22/h1-2,9-10,13,22-24H,3-8H2/t9-,10+,13+/m0/s1. The number of piperidine rings is 1. The van der Waals surface area contributed by atoms with Crippen LogP contribution in [0.4, 0.5) is 0 Å². The number of phenolic OH excluding ortho intramolecular Hbond substituents is 1. The first-order valence-corrected chi connectivity index (χ1v) is 9.13. The van der Waals surface area contributed by atoms with Gasteiger partial charge in [0.25, 0.3) is 5.91 Å². The number of nitrogens with zero attached hydrogens (tertiary/aromatic N) is 2. The van der Waals surface area contributed by atoms with Gasteiger partial charge in [0, 0.05) is 24.7 Å². The Kier molecular flexibility index (Phi) is 5.62. The number of fused-ring (bicyclic) bond motifs is 1. The van der Waals surface area contributed by atoms with Crippen molar-refractivity contribution in [3.8, 4) is 5.75 Å². The molecule has 2 aliphatic rings.